The Labute approximate surface area is 85.8 Å². The molecule has 0 radical (unpaired) electrons. The summed E-state index contributed by atoms with van der Waals surface area (Å²) < 4.78 is 9.85. The quantitative estimate of drug-likeness (QED) is 0.245. The van der Waals surface area contributed by atoms with Gasteiger partial charge in [0.1, 0.15) is 0 Å². The summed E-state index contributed by atoms with van der Waals surface area (Å²) in [4.78, 5) is 3.85. The van der Waals surface area contributed by atoms with Gasteiger partial charge in [0, 0.05) is 0 Å². The molecule has 0 aliphatic carbocycles. The molecule has 7 heteroatoms. The van der Waals surface area contributed by atoms with E-state index < -0.39 is 7.05 Å². The molecular weight excluding hydrogens is 180 g/mol. The fraction of sp³-hybridized carbons (Fsp3) is 0.857. The number of hydrogen-bond acceptors (Lipinski definition) is 5. The van der Waals surface area contributed by atoms with Gasteiger partial charge in [0.2, 0.25) is 0 Å². The van der Waals surface area contributed by atoms with Gasteiger partial charge in [-0.2, -0.15) is 0 Å². The average Bonchev–Trinajstić information content (AvgIpc) is 2.15. The van der Waals surface area contributed by atoms with Crippen molar-refractivity contribution in [3.05, 3.63) is 0 Å². The first-order chi connectivity index (χ1) is 6.77. The van der Waals surface area contributed by atoms with Crippen molar-refractivity contribution < 1.29 is 9.73 Å². The van der Waals surface area contributed by atoms with Crippen LogP contribution in [-0.2, 0) is 4.70 Å². The molecule has 0 saturated carbocycles. The van der Waals surface area contributed by atoms with E-state index in [2.05, 4.69) is 15.5 Å². The fourth-order valence-corrected chi connectivity index (χ4v) is 0.907. The topological polar surface area (TPSA) is 73.7 Å². The van der Waals surface area contributed by atoms with E-state index in [0.29, 0.717) is 13.7 Å². The summed E-state index contributed by atoms with van der Waals surface area (Å²) in [6.07, 6.45) is 2.19. The predicted molar refractivity (Wildman–Crippen MR) is 59.1 cm³/mol. The van der Waals surface area contributed by atoms with Crippen LogP contribution in [0.15, 0.2) is 4.99 Å². The number of hydrogen-bond donors (Lipinski definition) is 3. The normalized spacial score (nSPS) is 10.4. The zero-order valence-corrected chi connectivity index (χ0v) is 8.57. The SMILES string of the molecule is CB(O)NCCNCCC/N=C\B=O. The Bertz CT molecular complexity index is 167. The number of nitrogens with zero attached hydrogens (tertiary/aromatic N) is 1. The molecule has 78 valence electrons. The Balaban J connectivity index is 2.99. The summed E-state index contributed by atoms with van der Waals surface area (Å²) in [6, 6.07) is 0. The van der Waals surface area contributed by atoms with Crippen LogP contribution in [0.2, 0.25) is 6.82 Å². The summed E-state index contributed by atoms with van der Waals surface area (Å²) in [5, 5.41) is 14.9. The monoisotopic (exact) mass is 197 g/mol. The molecule has 0 aromatic carbocycles. The standard InChI is InChI=1S/C7H17B2N3O2/c1-9(14)12-6-5-10-3-2-4-11-7-8-13/h7,10,12,14H,2-6H2,1H3/b11-7-. The summed E-state index contributed by atoms with van der Waals surface area (Å²) >= 11 is 0. The molecule has 0 fully saturated rings. The van der Waals surface area contributed by atoms with Crippen LogP contribution < -0.4 is 10.5 Å². The molecule has 0 heterocycles. The van der Waals surface area contributed by atoms with Crippen molar-refractivity contribution in [2.24, 2.45) is 4.99 Å². The molecule has 0 bridgehead atoms. The number of rotatable bonds is 9. The van der Waals surface area contributed by atoms with Crippen LogP contribution in [0.5, 0.6) is 0 Å². The fourth-order valence-electron chi connectivity index (χ4n) is 0.907. The van der Waals surface area contributed by atoms with Crippen LogP contribution in [0.25, 0.3) is 0 Å². The van der Waals surface area contributed by atoms with E-state index >= 15 is 0 Å². The molecule has 0 aromatic heterocycles. The van der Waals surface area contributed by atoms with Gasteiger partial charge in [0.05, 0.1) is 0 Å². The van der Waals surface area contributed by atoms with Gasteiger partial charge in [0.15, 0.2) is 0 Å². The van der Waals surface area contributed by atoms with E-state index in [0.717, 1.165) is 26.1 Å². The van der Waals surface area contributed by atoms with E-state index in [-0.39, 0.29) is 0 Å². The zero-order chi connectivity index (χ0) is 10.6. The van der Waals surface area contributed by atoms with Gasteiger partial charge in [-0.3, -0.25) is 0 Å². The Morgan fingerprint density at radius 3 is 2.93 bits per heavy atom. The molecule has 3 N–H and O–H groups in total. The van der Waals surface area contributed by atoms with Gasteiger partial charge in [-0.1, -0.05) is 0 Å². The average molecular weight is 197 g/mol. The molecule has 0 aliphatic heterocycles. The maximum atomic E-state index is 9.85. The molecular formula is C7H17B2N3O2. The van der Waals surface area contributed by atoms with Gasteiger partial charge in [-0.25, -0.2) is 0 Å². The minimum atomic E-state index is -0.450. The summed E-state index contributed by atoms with van der Waals surface area (Å²) in [5.41, 5.74) is 0. The van der Waals surface area contributed by atoms with Gasteiger partial charge in [-0.15, -0.1) is 0 Å². The summed E-state index contributed by atoms with van der Waals surface area (Å²) in [6.45, 7) is 4.80. The van der Waals surface area contributed by atoms with Crippen molar-refractivity contribution in [1.29, 1.82) is 0 Å². The second-order valence-corrected chi connectivity index (χ2v) is 2.92. The van der Waals surface area contributed by atoms with Crippen molar-refractivity contribution in [1.82, 2.24) is 10.5 Å². The molecule has 14 heavy (non-hydrogen) atoms. The first-order valence-electron chi connectivity index (χ1n) is 4.83. The van der Waals surface area contributed by atoms with Crippen LogP contribution in [0.4, 0.5) is 0 Å². The van der Waals surface area contributed by atoms with Crippen molar-refractivity contribution >= 4 is 20.3 Å². The first-order valence-corrected chi connectivity index (χ1v) is 4.83. The van der Waals surface area contributed by atoms with Crippen molar-refractivity contribution in [2.75, 3.05) is 26.2 Å². The Kier molecular flexibility index (Phi) is 10.2. The molecule has 0 unspecified atom stereocenters. The maximum absolute atomic E-state index is 9.85. The third kappa shape index (κ3) is 11.5. The van der Waals surface area contributed by atoms with E-state index in [1.807, 2.05) is 0 Å². The molecule has 0 aliphatic rings. The minimum absolute atomic E-state index is 0.450. The van der Waals surface area contributed by atoms with Crippen molar-refractivity contribution in [3.8, 4) is 0 Å². The molecule has 0 rings (SSSR count). The van der Waals surface area contributed by atoms with Gasteiger partial charge >= 0.3 is 85.0 Å². The number of aliphatic imine (C=N–C) groups is 1. The van der Waals surface area contributed by atoms with Crippen LogP contribution in [0.3, 0.4) is 0 Å². The third-order valence-electron chi connectivity index (χ3n) is 1.55. The van der Waals surface area contributed by atoms with Crippen LogP contribution >= 0.6 is 0 Å². The molecule has 0 spiro atoms. The summed E-state index contributed by atoms with van der Waals surface area (Å²) in [5.74, 6) is 0. The van der Waals surface area contributed by atoms with Gasteiger partial charge in [0.25, 0.3) is 0 Å². The molecule has 0 saturated heterocycles. The van der Waals surface area contributed by atoms with Crippen LogP contribution in [0.1, 0.15) is 6.42 Å². The van der Waals surface area contributed by atoms with E-state index in [4.69, 9.17) is 5.02 Å². The molecule has 5 nitrogen and oxygen atoms in total. The Hall–Kier alpha value is -0.520. The number of nitrogens with one attached hydrogen (secondary N) is 2. The molecule has 0 atom stereocenters. The predicted octanol–water partition coefficient (Wildman–Crippen LogP) is -1.26. The van der Waals surface area contributed by atoms with Crippen LogP contribution in [0, 0.1) is 0 Å². The van der Waals surface area contributed by atoms with E-state index in [1.54, 1.807) is 6.82 Å². The van der Waals surface area contributed by atoms with Gasteiger partial charge in [-0.05, 0) is 0 Å². The first kappa shape index (κ1) is 13.5. The van der Waals surface area contributed by atoms with E-state index in [1.165, 1.54) is 6.11 Å². The van der Waals surface area contributed by atoms with Crippen LogP contribution in [-0.4, -0.2) is 51.5 Å². The Morgan fingerprint density at radius 2 is 2.29 bits per heavy atom. The third-order valence-corrected chi connectivity index (χ3v) is 1.55. The van der Waals surface area contributed by atoms with Gasteiger partial charge < -0.3 is 0 Å². The molecule has 0 amide bonds. The summed E-state index contributed by atoms with van der Waals surface area (Å²) in [7, 11) is 0.231. The zero-order valence-electron chi connectivity index (χ0n) is 8.57. The van der Waals surface area contributed by atoms with Crippen molar-refractivity contribution in [3.63, 3.8) is 0 Å². The Morgan fingerprint density at radius 1 is 1.50 bits per heavy atom. The van der Waals surface area contributed by atoms with E-state index in [9.17, 15) is 4.70 Å². The molecule has 0 aromatic rings. The second kappa shape index (κ2) is 10.6. The van der Waals surface area contributed by atoms with Crippen molar-refractivity contribution in [2.45, 2.75) is 13.2 Å². The second-order valence-electron chi connectivity index (χ2n) is 2.92.